The van der Waals surface area contributed by atoms with Crippen molar-refractivity contribution in [3.63, 3.8) is 0 Å². The highest BCUT2D eigenvalue weighted by atomic mass is 31.2. The summed E-state index contributed by atoms with van der Waals surface area (Å²) < 4.78 is 45.6. The Morgan fingerprint density at radius 3 is 2.43 bits per heavy atom. The minimum atomic E-state index is -4.77. The van der Waals surface area contributed by atoms with Gasteiger partial charge in [-0.05, 0) is 41.5 Å². The molecule has 30 heavy (non-hydrogen) atoms. The second kappa shape index (κ2) is 10.4. The molecule has 3 N–H and O–H groups in total. The smallest absolute Gasteiger partial charge is 0.376 e. The largest absolute Gasteiger partial charge is 0.530 e. The van der Waals surface area contributed by atoms with E-state index in [1.54, 1.807) is 13.8 Å². The lowest BCUT2D eigenvalue weighted by molar-refractivity contribution is -0.156. The van der Waals surface area contributed by atoms with Gasteiger partial charge in [-0.1, -0.05) is 0 Å². The van der Waals surface area contributed by atoms with E-state index in [-0.39, 0.29) is 37.6 Å². The average molecular weight is 453 g/mol. The summed E-state index contributed by atoms with van der Waals surface area (Å²) in [5.41, 5.74) is 4.79. The Kier molecular flexibility index (Phi) is 8.87. The van der Waals surface area contributed by atoms with Gasteiger partial charge in [0.1, 0.15) is 11.7 Å². The van der Waals surface area contributed by atoms with Crippen LogP contribution in [0, 0.1) is 0 Å². The van der Waals surface area contributed by atoms with Gasteiger partial charge in [-0.25, -0.2) is 9.36 Å². The molecule has 0 radical (unpaired) electrons. The molecule has 0 saturated carbocycles. The van der Waals surface area contributed by atoms with Gasteiger partial charge in [0.05, 0.1) is 37.1 Å². The SMILES string of the molecule is CC(C)OC[C@@]1(CN)O[C@@H](C)C[C@H]1OP(=O)(O)OC(=O)[C@H]1O[C@@H](C)C[C@H]1OC(C)C. The van der Waals surface area contributed by atoms with Gasteiger partial charge < -0.3 is 29.2 Å². The van der Waals surface area contributed by atoms with Gasteiger partial charge >= 0.3 is 13.8 Å². The molecule has 1 unspecified atom stereocenters. The van der Waals surface area contributed by atoms with E-state index in [9.17, 15) is 14.3 Å². The predicted octanol–water partition coefficient (Wildman–Crippen LogP) is 1.92. The van der Waals surface area contributed by atoms with Crippen LogP contribution < -0.4 is 5.73 Å². The fourth-order valence-corrected chi connectivity index (χ4v) is 4.70. The van der Waals surface area contributed by atoms with E-state index in [0.717, 1.165) is 0 Å². The van der Waals surface area contributed by atoms with Crippen LogP contribution in [0.15, 0.2) is 0 Å². The molecular weight excluding hydrogens is 417 g/mol. The number of rotatable bonds is 10. The molecule has 11 heteroatoms. The van der Waals surface area contributed by atoms with E-state index in [1.165, 1.54) is 0 Å². The highest BCUT2D eigenvalue weighted by Gasteiger charge is 2.52. The molecule has 0 bridgehead atoms. The van der Waals surface area contributed by atoms with E-state index in [4.69, 9.17) is 33.7 Å². The van der Waals surface area contributed by atoms with E-state index in [2.05, 4.69) is 0 Å². The first-order valence-corrected chi connectivity index (χ1v) is 11.9. The zero-order valence-corrected chi connectivity index (χ0v) is 19.5. The second-order valence-corrected chi connectivity index (χ2v) is 9.92. The number of hydrogen-bond donors (Lipinski definition) is 2. The van der Waals surface area contributed by atoms with Crippen LogP contribution in [0.5, 0.6) is 0 Å². The van der Waals surface area contributed by atoms with Crippen LogP contribution in [0.3, 0.4) is 0 Å². The van der Waals surface area contributed by atoms with Crippen molar-refractivity contribution in [3.05, 3.63) is 0 Å². The van der Waals surface area contributed by atoms with Crippen molar-refractivity contribution in [1.29, 1.82) is 0 Å². The van der Waals surface area contributed by atoms with Crippen molar-refractivity contribution in [3.8, 4) is 0 Å². The normalized spacial score (nSPS) is 36.4. The molecule has 2 rings (SSSR count). The fraction of sp³-hybridized carbons (Fsp3) is 0.947. The number of ether oxygens (including phenoxy) is 4. The Balaban J connectivity index is 2.07. The summed E-state index contributed by atoms with van der Waals surface area (Å²) in [7, 11) is -4.77. The van der Waals surface area contributed by atoms with Crippen molar-refractivity contribution in [1.82, 2.24) is 0 Å². The van der Waals surface area contributed by atoms with Crippen molar-refractivity contribution in [2.75, 3.05) is 13.2 Å². The molecule has 0 aromatic rings. The quantitative estimate of drug-likeness (QED) is 0.472. The molecule has 0 aromatic heterocycles. The Morgan fingerprint density at radius 1 is 1.20 bits per heavy atom. The molecule has 2 aliphatic rings. The van der Waals surface area contributed by atoms with Crippen LogP contribution in [0.2, 0.25) is 0 Å². The highest BCUT2D eigenvalue weighted by Crippen LogP contribution is 2.50. The van der Waals surface area contributed by atoms with Crippen molar-refractivity contribution >= 4 is 13.8 Å². The van der Waals surface area contributed by atoms with Crippen LogP contribution in [0.4, 0.5) is 0 Å². The third-order valence-electron chi connectivity index (χ3n) is 5.00. The number of phosphoric ester groups is 1. The Morgan fingerprint density at radius 2 is 1.87 bits per heavy atom. The minimum absolute atomic E-state index is 0.0101. The minimum Gasteiger partial charge on any atom is -0.376 e. The first kappa shape index (κ1) is 25.7. The number of nitrogens with two attached hydrogens (primary N) is 1. The van der Waals surface area contributed by atoms with Crippen LogP contribution in [-0.2, 0) is 37.4 Å². The molecule has 0 spiro atoms. The summed E-state index contributed by atoms with van der Waals surface area (Å²) in [6.45, 7) is 11.1. The molecule has 10 nitrogen and oxygen atoms in total. The third kappa shape index (κ3) is 6.71. The first-order valence-electron chi connectivity index (χ1n) is 10.4. The van der Waals surface area contributed by atoms with Crippen molar-refractivity contribution in [2.24, 2.45) is 5.73 Å². The molecular formula is C19H36NO9P. The number of carbonyl (C=O) groups excluding carboxylic acids is 1. The summed E-state index contributed by atoms with van der Waals surface area (Å²) in [6.07, 6.45) is -2.52. The van der Waals surface area contributed by atoms with Gasteiger partial charge in [-0.15, -0.1) is 0 Å². The number of carbonyl (C=O) groups is 1. The number of phosphoric acid groups is 1. The zero-order valence-electron chi connectivity index (χ0n) is 18.6. The maximum Gasteiger partial charge on any atom is 0.530 e. The molecule has 0 aromatic carbocycles. The van der Waals surface area contributed by atoms with Gasteiger partial charge in [0.2, 0.25) is 0 Å². The summed E-state index contributed by atoms with van der Waals surface area (Å²) in [4.78, 5) is 22.9. The summed E-state index contributed by atoms with van der Waals surface area (Å²) >= 11 is 0. The van der Waals surface area contributed by atoms with Crippen LogP contribution in [0.25, 0.3) is 0 Å². The lowest BCUT2D eigenvalue weighted by Gasteiger charge is -2.34. The zero-order chi connectivity index (χ0) is 22.7. The van der Waals surface area contributed by atoms with Gasteiger partial charge in [0, 0.05) is 19.4 Å². The molecule has 0 amide bonds. The Bertz CT molecular complexity index is 631. The molecule has 2 fully saturated rings. The summed E-state index contributed by atoms with van der Waals surface area (Å²) in [5, 5.41) is 0. The molecule has 2 saturated heterocycles. The van der Waals surface area contributed by atoms with Crippen molar-refractivity contribution in [2.45, 2.75) is 103 Å². The van der Waals surface area contributed by atoms with E-state index in [0.29, 0.717) is 12.8 Å². The average Bonchev–Trinajstić information content (AvgIpc) is 3.11. The third-order valence-corrected chi connectivity index (χ3v) is 5.93. The van der Waals surface area contributed by atoms with Gasteiger partial charge in [-0.2, -0.15) is 0 Å². The fourth-order valence-electron chi connectivity index (χ4n) is 3.73. The number of hydrogen-bond acceptors (Lipinski definition) is 9. The van der Waals surface area contributed by atoms with Crippen LogP contribution in [-0.4, -0.2) is 72.3 Å². The van der Waals surface area contributed by atoms with E-state index >= 15 is 0 Å². The molecule has 0 aliphatic carbocycles. The highest BCUT2D eigenvalue weighted by molar-refractivity contribution is 7.48. The summed E-state index contributed by atoms with van der Waals surface area (Å²) in [6, 6.07) is 0. The molecule has 2 heterocycles. The lowest BCUT2D eigenvalue weighted by atomic mass is 9.97. The monoisotopic (exact) mass is 453 g/mol. The van der Waals surface area contributed by atoms with Crippen LogP contribution in [0.1, 0.15) is 54.4 Å². The van der Waals surface area contributed by atoms with Crippen LogP contribution >= 0.6 is 7.82 Å². The second-order valence-electron chi connectivity index (χ2n) is 8.59. The van der Waals surface area contributed by atoms with E-state index in [1.807, 2.05) is 27.7 Å². The van der Waals surface area contributed by atoms with E-state index < -0.39 is 37.7 Å². The molecule has 7 atom stereocenters. The summed E-state index contributed by atoms with van der Waals surface area (Å²) in [5.74, 6) is -1.00. The van der Waals surface area contributed by atoms with Gasteiger partial charge in [-0.3, -0.25) is 9.42 Å². The first-order chi connectivity index (χ1) is 13.9. The predicted molar refractivity (Wildman–Crippen MR) is 108 cm³/mol. The maximum absolute atomic E-state index is 12.7. The molecule has 2 aliphatic heterocycles. The topological polar surface area (TPSA) is 136 Å². The Labute approximate surface area is 178 Å². The Hall–Kier alpha value is -0.580. The van der Waals surface area contributed by atoms with Gasteiger partial charge in [0.15, 0.2) is 6.10 Å². The standard InChI is InChI=1S/C19H36NO9P/c1-11(2)24-10-19(9-20)16(8-14(6)27-19)28-30(22,23)29-18(21)17-15(25-12(3)4)7-13(5)26-17/h11-17H,7-10,20H2,1-6H3,(H,22,23)/t13-,14-,15+,16+,17-,19+/m0/s1. The maximum atomic E-state index is 12.7. The lowest BCUT2D eigenvalue weighted by Crippen LogP contribution is -2.51. The van der Waals surface area contributed by atoms with Gasteiger partial charge in [0.25, 0.3) is 0 Å². The van der Waals surface area contributed by atoms with Crippen molar-refractivity contribution < 1.29 is 42.2 Å². The molecule has 176 valence electrons.